The monoisotopic (exact) mass is 382 g/mol. The van der Waals surface area contributed by atoms with Gasteiger partial charge in [-0.3, -0.25) is 9.78 Å². The van der Waals surface area contributed by atoms with Crippen LogP contribution in [0.25, 0.3) is 5.57 Å². The lowest BCUT2D eigenvalue weighted by molar-refractivity contribution is -0.110. The summed E-state index contributed by atoms with van der Waals surface area (Å²) in [5, 5.41) is 6.15. The molecule has 3 aromatic rings. The Kier molecular flexibility index (Phi) is 4.48. The highest BCUT2D eigenvalue weighted by atomic mass is 16.2. The molecule has 1 atom stereocenters. The van der Waals surface area contributed by atoms with Crippen molar-refractivity contribution in [3.8, 4) is 0 Å². The van der Waals surface area contributed by atoms with Gasteiger partial charge in [0.05, 0.1) is 5.57 Å². The van der Waals surface area contributed by atoms with Crippen LogP contribution in [0.5, 0.6) is 0 Å². The van der Waals surface area contributed by atoms with E-state index in [0.717, 1.165) is 36.4 Å². The van der Waals surface area contributed by atoms with Crippen molar-refractivity contribution in [2.45, 2.75) is 12.3 Å². The minimum Gasteiger partial charge on any atom is -0.371 e. The molecule has 1 fully saturated rings. The van der Waals surface area contributed by atoms with Gasteiger partial charge in [-0.1, -0.05) is 24.3 Å². The number of carbonyl (C=O) groups is 1. The molecule has 2 aliphatic heterocycles. The molecule has 3 heterocycles. The molecule has 29 heavy (non-hydrogen) atoms. The Morgan fingerprint density at radius 3 is 2.69 bits per heavy atom. The molecule has 144 valence electrons. The van der Waals surface area contributed by atoms with Crippen LogP contribution < -0.4 is 15.5 Å². The first-order valence-electron chi connectivity index (χ1n) is 9.91. The van der Waals surface area contributed by atoms with E-state index in [0.29, 0.717) is 11.5 Å². The summed E-state index contributed by atoms with van der Waals surface area (Å²) in [7, 11) is 0. The summed E-state index contributed by atoms with van der Waals surface area (Å²) < 4.78 is 0. The number of amides is 1. The van der Waals surface area contributed by atoms with Crippen molar-refractivity contribution in [3.05, 3.63) is 90.4 Å². The van der Waals surface area contributed by atoms with Crippen LogP contribution in [-0.2, 0) is 4.79 Å². The third kappa shape index (κ3) is 3.47. The second-order valence-electron chi connectivity index (χ2n) is 7.44. The minimum absolute atomic E-state index is 0.0760. The molecule has 5 heteroatoms. The van der Waals surface area contributed by atoms with E-state index in [1.54, 1.807) is 6.20 Å². The van der Waals surface area contributed by atoms with Gasteiger partial charge in [-0.2, -0.15) is 0 Å². The molecule has 0 spiro atoms. The average molecular weight is 382 g/mol. The number of pyridine rings is 1. The Balaban J connectivity index is 1.26. The van der Waals surface area contributed by atoms with E-state index in [4.69, 9.17) is 0 Å². The Morgan fingerprint density at radius 2 is 1.86 bits per heavy atom. The van der Waals surface area contributed by atoms with Crippen molar-refractivity contribution in [1.29, 1.82) is 0 Å². The van der Waals surface area contributed by atoms with E-state index in [1.807, 2.05) is 36.5 Å². The first-order valence-corrected chi connectivity index (χ1v) is 9.91. The van der Waals surface area contributed by atoms with Gasteiger partial charge in [0.2, 0.25) is 0 Å². The second kappa shape index (κ2) is 7.43. The Bertz CT molecular complexity index is 1060. The van der Waals surface area contributed by atoms with Gasteiger partial charge in [0, 0.05) is 59.7 Å². The van der Waals surface area contributed by atoms with Gasteiger partial charge in [-0.15, -0.1) is 0 Å². The number of benzene rings is 2. The molecule has 1 amide bonds. The van der Waals surface area contributed by atoms with E-state index in [9.17, 15) is 4.79 Å². The highest BCUT2D eigenvalue weighted by Crippen LogP contribution is 2.32. The third-order valence-electron chi connectivity index (χ3n) is 5.62. The molecule has 5 rings (SSSR count). The molecular formula is C24H22N4O. The highest BCUT2D eigenvalue weighted by Gasteiger charge is 2.25. The number of hydrogen-bond donors (Lipinski definition) is 2. The van der Waals surface area contributed by atoms with Gasteiger partial charge in [-0.25, -0.2) is 0 Å². The number of nitrogens with zero attached hydrogens (tertiary/aromatic N) is 2. The maximum Gasteiger partial charge on any atom is 0.257 e. The summed E-state index contributed by atoms with van der Waals surface area (Å²) in [6.07, 6.45) is 4.77. The lowest BCUT2D eigenvalue weighted by atomic mass is 10.0. The number of carbonyl (C=O) groups excluding carboxylic acids is 1. The standard InChI is InChI=1S/C24H22N4O/c29-24-21(20-5-1-2-7-23(20)27-24)15-26-18-8-10-19(11-9-18)28-14-12-17(16-28)22-6-3-4-13-25-22/h1-11,13,15,17,26H,12,14,16H2,(H,27,29)/b21-15-. The summed E-state index contributed by atoms with van der Waals surface area (Å²) >= 11 is 0. The first kappa shape index (κ1) is 17.5. The zero-order chi connectivity index (χ0) is 19.6. The molecule has 1 saturated heterocycles. The van der Waals surface area contributed by atoms with E-state index in [2.05, 4.69) is 56.9 Å². The van der Waals surface area contributed by atoms with E-state index in [-0.39, 0.29) is 5.91 Å². The van der Waals surface area contributed by atoms with Crippen LogP contribution in [0.3, 0.4) is 0 Å². The predicted molar refractivity (Wildman–Crippen MR) is 117 cm³/mol. The fraction of sp³-hybridized carbons (Fsp3) is 0.167. The van der Waals surface area contributed by atoms with Crippen molar-refractivity contribution in [1.82, 2.24) is 4.98 Å². The van der Waals surface area contributed by atoms with E-state index in [1.165, 1.54) is 11.4 Å². The summed E-state index contributed by atoms with van der Waals surface area (Å²) in [4.78, 5) is 19.1. The zero-order valence-corrected chi connectivity index (χ0v) is 16.0. The normalized spacial score (nSPS) is 19.3. The number of fused-ring (bicyclic) bond motifs is 1. The smallest absolute Gasteiger partial charge is 0.257 e. The summed E-state index contributed by atoms with van der Waals surface area (Å²) in [5.41, 5.74) is 5.79. The van der Waals surface area contributed by atoms with Crippen LogP contribution in [0.4, 0.5) is 17.1 Å². The first-order chi connectivity index (χ1) is 14.3. The molecular weight excluding hydrogens is 360 g/mol. The molecule has 0 bridgehead atoms. The van der Waals surface area contributed by atoms with Crippen molar-refractivity contribution in [2.24, 2.45) is 0 Å². The van der Waals surface area contributed by atoms with Crippen LogP contribution in [0.1, 0.15) is 23.6 Å². The van der Waals surface area contributed by atoms with E-state index < -0.39 is 0 Å². The van der Waals surface area contributed by atoms with E-state index >= 15 is 0 Å². The second-order valence-corrected chi connectivity index (χ2v) is 7.44. The quantitative estimate of drug-likeness (QED) is 0.653. The molecule has 0 saturated carbocycles. The van der Waals surface area contributed by atoms with Crippen LogP contribution in [0.15, 0.2) is 79.1 Å². The lowest BCUT2D eigenvalue weighted by Crippen LogP contribution is -2.19. The van der Waals surface area contributed by atoms with Crippen molar-refractivity contribution in [3.63, 3.8) is 0 Å². The minimum atomic E-state index is -0.0760. The maximum absolute atomic E-state index is 12.2. The molecule has 2 aliphatic rings. The maximum atomic E-state index is 12.2. The van der Waals surface area contributed by atoms with Crippen LogP contribution >= 0.6 is 0 Å². The number of nitrogens with one attached hydrogen (secondary N) is 2. The fourth-order valence-electron chi connectivity index (χ4n) is 4.06. The van der Waals surface area contributed by atoms with Crippen molar-refractivity contribution in [2.75, 3.05) is 28.6 Å². The number of anilines is 3. The van der Waals surface area contributed by atoms with Gasteiger partial charge in [0.1, 0.15) is 0 Å². The van der Waals surface area contributed by atoms with Gasteiger partial charge < -0.3 is 15.5 Å². The van der Waals surface area contributed by atoms with Crippen LogP contribution in [-0.4, -0.2) is 24.0 Å². The summed E-state index contributed by atoms with van der Waals surface area (Å²) in [6.45, 7) is 2.03. The summed E-state index contributed by atoms with van der Waals surface area (Å²) in [6, 6.07) is 22.2. The number of rotatable bonds is 4. The lowest BCUT2D eigenvalue weighted by Gasteiger charge is -2.19. The Labute approximate surface area is 170 Å². The molecule has 0 radical (unpaired) electrons. The average Bonchev–Trinajstić information content (AvgIpc) is 3.38. The third-order valence-corrected chi connectivity index (χ3v) is 5.62. The zero-order valence-electron chi connectivity index (χ0n) is 16.0. The van der Waals surface area contributed by atoms with Gasteiger partial charge in [0.15, 0.2) is 0 Å². The largest absolute Gasteiger partial charge is 0.371 e. The van der Waals surface area contributed by atoms with Crippen LogP contribution in [0, 0.1) is 0 Å². The Hall–Kier alpha value is -3.60. The number of para-hydroxylation sites is 1. The number of aromatic nitrogens is 1. The SMILES string of the molecule is O=C1Nc2ccccc2/C1=C/Nc1ccc(N2CCC(c3ccccn3)C2)cc1. The van der Waals surface area contributed by atoms with Gasteiger partial charge >= 0.3 is 0 Å². The molecule has 2 N–H and O–H groups in total. The van der Waals surface area contributed by atoms with Crippen molar-refractivity contribution >= 4 is 28.5 Å². The van der Waals surface area contributed by atoms with Gasteiger partial charge in [0.25, 0.3) is 5.91 Å². The topological polar surface area (TPSA) is 57.3 Å². The van der Waals surface area contributed by atoms with Crippen molar-refractivity contribution < 1.29 is 4.79 Å². The molecule has 1 aromatic heterocycles. The Morgan fingerprint density at radius 1 is 1.03 bits per heavy atom. The predicted octanol–water partition coefficient (Wildman–Crippen LogP) is 4.48. The number of hydrogen-bond acceptors (Lipinski definition) is 4. The highest BCUT2D eigenvalue weighted by molar-refractivity contribution is 6.31. The molecule has 5 nitrogen and oxygen atoms in total. The van der Waals surface area contributed by atoms with Gasteiger partial charge in [-0.05, 0) is 48.9 Å². The molecule has 2 aromatic carbocycles. The fourth-order valence-corrected chi connectivity index (χ4v) is 4.06. The molecule has 0 aliphatic carbocycles. The van der Waals surface area contributed by atoms with Crippen LogP contribution in [0.2, 0.25) is 0 Å². The molecule has 1 unspecified atom stereocenters. The summed E-state index contributed by atoms with van der Waals surface area (Å²) in [5.74, 6) is 0.410.